The number of hydrogen-bond donors (Lipinski definition) is 3. The number of halogens is 3. The molecular weight excluding hydrogens is 451 g/mol. The molecule has 3 N–H and O–H groups in total. The number of fused-ring (bicyclic) bond motifs is 1. The van der Waals surface area contributed by atoms with E-state index in [1.807, 2.05) is 18.2 Å². The van der Waals surface area contributed by atoms with Gasteiger partial charge in [-0.2, -0.15) is 18.2 Å². The van der Waals surface area contributed by atoms with Gasteiger partial charge in [0.15, 0.2) is 17.0 Å². The van der Waals surface area contributed by atoms with Crippen molar-refractivity contribution in [3.63, 3.8) is 0 Å². The highest BCUT2D eigenvalue weighted by molar-refractivity contribution is 7.99. The summed E-state index contributed by atoms with van der Waals surface area (Å²) in [7, 11) is 0. The zero-order valence-electron chi connectivity index (χ0n) is 17.3. The third-order valence-electron chi connectivity index (χ3n) is 5.42. The van der Waals surface area contributed by atoms with E-state index < -0.39 is 11.9 Å². The summed E-state index contributed by atoms with van der Waals surface area (Å²) in [4.78, 5) is 19.5. The first-order chi connectivity index (χ1) is 16.0. The van der Waals surface area contributed by atoms with Crippen molar-refractivity contribution in [3.05, 3.63) is 66.1 Å². The molecule has 11 heteroatoms. The Morgan fingerprint density at radius 3 is 2.73 bits per heavy atom. The van der Waals surface area contributed by atoms with E-state index in [1.54, 1.807) is 0 Å². The lowest BCUT2D eigenvalue weighted by Gasteiger charge is -2.11. The van der Waals surface area contributed by atoms with E-state index in [0.29, 0.717) is 34.2 Å². The number of aromatic nitrogens is 5. The lowest BCUT2D eigenvalue weighted by atomic mass is 10.0. The Balaban J connectivity index is 1.24. The Hall–Kier alpha value is -3.18. The molecule has 7 nitrogen and oxygen atoms in total. The van der Waals surface area contributed by atoms with Crippen molar-refractivity contribution in [3.8, 4) is 0 Å². The van der Waals surface area contributed by atoms with E-state index in [2.05, 4.69) is 47.7 Å². The van der Waals surface area contributed by atoms with Gasteiger partial charge in [0.05, 0.1) is 6.20 Å². The van der Waals surface area contributed by atoms with Crippen LogP contribution in [0.5, 0.6) is 0 Å². The number of benzene rings is 1. The van der Waals surface area contributed by atoms with Crippen LogP contribution in [0, 0.1) is 5.92 Å². The van der Waals surface area contributed by atoms with Crippen LogP contribution in [0.3, 0.4) is 0 Å². The highest BCUT2D eigenvalue weighted by Gasteiger charge is 2.35. The average molecular weight is 472 g/mol. The summed E-state index contributed by atoms with van der Waals surface area (Å²) in [6.45, 7) is 1.62. The first-order valence-electron chi connectivity index (χ1n) is 10.4. The van der Waals surface area contributed by atoms with E-state index in [0.717, 1.165) is 37.5 Å². The molecule has 1 aromatic carbocycles. The van der Waals surface area contributed by atoms with E-state index in [4.69, 9.17) is 0 Å². The zero-order valence-corrected chi connectivity index (χ0v) is 18.1. The summed E-state index contributed by atoms with van der Waals surface area (Å²) in [5.74, 6) is 0.967. The van der Waals surface area contributed by atoms with Gasteiger partial charge >= 0.3 is 6.18 Å². The third kappa shape index (κ3) is 4.93. The van der Waals surface area contributed by atoms with Gasteiger partial charge in [-0.1, -0.05) is 42.1 Å². The maximum atomic E-state index is 13.2. The van der Waals surface area contributed by atoms with Crippen molar-refractivity contribution < 1.29 is 13.2 Å². The van der Waals surface area contributed by atoms with Gasteiger partial charge in [0.2, 0.25) is 5.95 Å². The maximum absolute atomic E-state index is 13.2. The number of aromatic amines is 1. The molecule has 3 aromatic heterocycles. The molecule has 2 atom stereocenters. The molecular formula is C22H20F3N7S. The zero-order chi connectivity index (χ0) is 22.8. The van der Waals surface area contributed by atoms with Crippen LogP contribution in [0.1, 0.15) is 23.7 Å². The van der Waals surface area contributed by atoms with Crippen LogP contribution in [0.4, 0.5) is 19.1 Å². The van der Waals surface area contributed by atoms with Gasteiger partial charge in [-0.15, -0.1) is 0 Å². The van der Waals surface area contributed by atoms with E-state index in [-0.39, 0.29) is 4.90 Å². The lowest BCUT2D eigenvalue weighted by Crippen LogP contribution is -2.18. The van der Waals surface area contributed by atoms with Gasteiger partial charge in [-0.25, -0.2) is 9.97 Å². The van der Waals surface area contributed by atoms with E-state index in [1.165, 1.54) is 23.9 Å². The van der Waals surface area contributed by atoms with Crippen LogP contribution < -0.4 is 10.6 Å². The van der Waals surface area contributed by atoms with Gasteiger partial charge in [0.1, 0.15) is 5.03 Å². The minimum absolute atomic E-state index is 0.0294. The van der Waals surface area contributed by atoms with Crippen molar-refractivity contribution in [1.29, 1.82) is 0 Å². The Morgan fingerprint density at radius 2 is 1.91 bits per heavy atom. The first kappa shape index (κ1) is 21.7. The highest BCUT2D eigenvalue weighted by atomic mass is 32.2. The van der Waals surface area contributed by atoms with E-state index >= 15 is 0 Å². The molecule has 5 rings (SSSR count). The number of anilines is 1. The Morgan fingerprint density at radius 1 is 1.06 bits per heavy atom. The van der Waals surface area contributed by atoms with Gasteiger partial charge in [0, 0.05) is 30.2 Å². The van der Waals surface area contributed by atoms with Gasteiger partial charge in [0.25, 0.3) is 0 Å². The molecule has 0 aliphatic carbocycles. The number of rotatable bonds is 6. The summed E-state index contributed by atoms with van der Waals surface area (Å²) in [5.41, 5.74) is 1.15. The smallest absolute Gasteiger partial charge is 0.355 e. The molecule has 4 heterocycles. The number of pyridine rings is 1. The van der Waals surface area contributed by atoms with Crippen molar-refractivity contribution >= 4 is 29.0 Å². The summed E-state index contributed by atoms with van der Waals surface area (Å²) in [5, 5.41) is 7.16. The predicted molar refractivity (Wildman–Crippen MR) is 119 cm³/mol. The number of imidazole rings is 1. The van der Waals surface area contributed by atoms with Crippen molar-refractivity contribution in [2.24, 2.45) is 5.92 Å². The molecule has 4 aromatic rings. The van der Waals surface area contributed by atoms with Crippen molar-refractivity contribution in [2.75, 3.05) is 18.4 Å². The molecule has 0 amide bonds. The fraction of sp³-hybridized carbons (Fsp3) is 0.273. The molecule has 2 unspecified atom stereocenters. The third-order valence-corrected chi connectivity index (χ3v) is 6.38. The van der Waals surface area contributed by atoms with Crippen LogP contribution in [0.2, 0.25) is 0 Å². The van der Waals surface area contributed by atoms with Crippen molar-refractivity contribution in [2.45, 2.75) is 28.6 Å². The summed E-state index contributed by atoms with van der Waals surface area (Å²) < 4.78 is 39.6. The number of alkyl halides is 3. The molecule has 1 saturated heterocycles. The molecule has 1 aliphatic rings. The van der Waals surface area contributed by atoms with Gasteiger partial charge < -0.3 is 15.6 Å². The Labute approximate surface area is 191 Å². The second kappa shape index (κ2) is 8.99. The number of nitrogens with zero attached hydrogens (tertiary/aromatic N) is 4. The fourth-order valence-electron chi connectivity index (χ4n) is 3.85. The van der Waals surface area contributed by atoms with Crippen LogP contribution in [-0.2, 0) is 6.18 Å². The van der Waals surface area contributed by atoms with Crippen molar-refractivity contribution in [1.82, 2.24) is 30.2 Å². The highest BCUT2D eigenvalue weighted by Crippen LogP contribution is 2.37. The molecule has 0 bridgehead atoms. The minimum Gasteiger partial charge on any atom is -0.355 e. The normalized spacial score (nSPS) is 18.6. The quantitative estimate of drug-likeness (QED) is 0.376. The summed E-state index contributed by atoms with van der Waals surface area (Å²) >= 11 is 0.865. The number of nitrogens with one attached hydrogen (secondary N) is 3. The molecule has 0 spiro atoms. The molecule has 1 fully saturated rings. The van der Waals surface area contributed by atoms with Crippen LogP contribution in [0.25, 0.3) is 11.3 Å². The predicted octanol–water partition coefficient (Wildman–Crippen LogP) is 4.68. The Bertz CT molecular complexity index is 1250. The number of hydrogen-bond acceptors (Lipinski definition) is 7. The second-order valence-electron chi connectivity index (χ2n) is 7.77. The SMILES string of the molecule is FC(F)(F)c1ncccc1Sc1cnc2nc(NCC3CNC(c4ccccc4)C3)[nH]c2n1. The number of H-pyrrole nitrogens is 1. The molecule has 170 valence electrons. The second-order valence-corrected chi connectivity index (χ2v) is 8.83. The molecule has 0 saturated carbocycles. The fourth-order valence-corrected chi connectivity index (χ4v) is 4.73. The maximum Gasteiger partial charge on any atom is 0.434 e. The van der Waals surface area contributed by atoms with Gasteiger partial charge in [-0.05, 0) is 30.0 Å². The summed E-state index contributed by atoms with van der Waals surface area (Å²) in [6.07, 6.45) is -0.991. The van der Waals surface area contributed by atoms with Crippen LogP contribution in [-0.4, -0.2) is 38.0 Å². The molecule has 1 aliphatic heterocycles. The largest absolute Gasteiger partial charge is 0.434 e. The molecule has 33 heavy (non-hydrogen) atoms. The Kier molecular flexibility index (Phi) is 5.90. The first-order valence-corrected chi connectivity index (χ1v) is 11.2. The lowest BCUT2D eigenvalue weighted by molar-refractivity contribution is -0.143. The van der Waals surface area contributed by atoms with Gasteiger partial charge in [-0.3, -0.25) is 4.98 Å². The minimum atomic E-state index is -4.54. The average Bonchev–Trinajstić information content (AvgIpc) is 3.44. The monoisotopic (exact) mass is 471 g/mol. The molecule has 0 radical (unpaired) electrons. The van der Waals surface area contributed by atoms with Crippen LogP contribution in [0.15, 0.2) is 64.8 Å². The topological polar surface area (TPSA) is 91.4 Å². The van der Waals surface area contributed by atoms with E-state index in [9.17, 15) is 13.2 Å². The summed E-state index contributed by atoms with van der Waals surface area (Å²) in [6, 6.07) is 13.5. The van der Waals surface area contributed by atoms with Crippen LogP contribution >= 0.6 is 11.8 Å². The standard InChI is InChI=1S/C22H20F3N7S/c23-22(24,25)18-16(7-4-8-26-18)33-17-12-28-19-20(30-17)32-21(31-19)29-11-13-9-15(27-10-13)14-5-2-1-3-6-14/h1-8,12-13,15,27H,9-11H2,(H2,28,29,30,31,32).